The van der Waals surface area contributed by atoms with Gasteiger partial charge in [-0.05, 0) is 47.1 Å². The van der Waals surface area contributed by atoms with Gasteiger partial charge in [0.25, 0.3) is 0 Å². The van der Waals surface area contributed by atoms with Crippen LogP contribution in [-0.4, -0.2) is 18.0 Å². The molecule has 0 radical (unpaired) electrons. The van der Waals surface area contributed by atoms with E-state index in [0.717, 1.165) is 29.7 Å². The van der Waals surface area contributed by atoms with Crippen LogP contribution in [0.3, 0.4) is 0 Å². The molecular weight excluding hydrogens is 411 g/mol. The van der Waals surface area contributed by atoms with Crippen molar-refractivity contribution in [1.82, 2.24) is 10.2 Å². The molecule has 3 aromatic carbocycles. The van der Waals surface area contributed by atoms with E-state index >= 15 is 0 Å². The van der Waals surface area contributed by atoms with Gasteiger partial charge in [0.1, 0.15) is 0 Å². The van der Waals surface area contributed by atoms with E-state index in [1.165, 1.54) is 23.1 Å². The fourth-order valence-corrected chi connectivity index (χ4v) is 5.84. The number of fused-ring (bicyclic) bond motifs is 2. The standard InChI is InChI=1S/C26H26Cl2N2/c27-23-12-6-4-10-21(23)25-19-14-20(26(29-25)22-11-5-7-13-24(22)28)17-30(16-19)15-18-8-2-1-3-9-18/h1-13,19-20,25-26,29H,14-17H2. The lowest BCUT2D eigenvalue weighted by molar-refractivity contribution is 0.0331. The number of hydrogen-bond acceptors (Lipinski definition) is 2. The molecular formula is C26H26Cl2N2. The van der Waals surface area contributed by atoms with Gasteiger partial charge in [-0.1, -0.05) is 89.9 Å². The van der Waals surface area contributed by atoms with E-state index in [2.05, 4.69) is 64.8 Å². The van der Waals surface area contributed by atoms with Gasteiger partial charge in [0, 0.05) is 41.8 Å². The molecule has 4 atom stereocenters. The Balaban J connectivity index is 1.49. The number of hydrogen-bond donors (Lipinski definition) is 1. The molecule has 3 aromatic rings. The predicted molar refractivity (Wildman–Crippen MR) is 125 cm³/mol. The maximum Gasteiger partial charge on any atom is 0.0453 e. The fourth-order valence-electron chi connectivity index (χ4n) is 5.34. The third-order valence-corrected chi connectivity index (χ3v) is 7.31. The average molecular weight is 437 g/mol. The van der Waals surface area contributed by atoms with Crippen molar-refractivity contribution in [2.45, 2.75) is 25.0 Å². The molecule has 0 aromatic heterocycles. The molecule has 30 heavy (non-hydrogen) atoms. The smallest absolute Gasteiger partial charge is 0.0453 e. The molecule has 2 saturated heterocycles. The van der Waals surface area contributed by atoms with Crippen molar-refractivity contribution in [3.63, 3.8) is 0 Å². The molecule has 1 N–H and O–H groups in total. The Kier molecular flexibility index (Phi) is 5.84. The minimum atomic E-state index is 0.217. The lowest BCUT2D eigenvalue weighted by Crippen LogP contribution is -2.53. The average Bonchev–Trinajstić information content (AvgIpc) is 2.76. The van der Waals surface area contributed by atoms with E-state index in [1.807, 2.05) is 24.3 Å². The van der Waals surface area contributed by atoms with Crippen LogP contribution >= 0.6 is 23.2 Å². The monoisotopic (exact) mass is 436 g/mol. The van der Waals surface area contributed by atoms with Crippen LogP contribution in [-0.2, 0) is 6.54 Å². The molecule has 2 fully saturated rings. The van der Waals surface area contributed by atoms with E-state index in [-0.39, 0.29) is 12.1 Å². The van der Waals surface area contributed by atoms with Gasteiger partial charge in [-0.2, -0.15) is 0 Å². The Morgan fingerprint density at radius 1 is 0.700 bits per heavy atom. The van der Waals surface area contributed by atoms with Crippen LogP contribution in [0.1, 0.15) is 35.2 Å². The van der Waals surface area contributed by atoms with Crippen molar-refractivity contribution < 1.29 is 0 Å². The number of benzene rings is 3. The van der Waals surface area contributed by atoms with Crippen LogP contribution in [0.5, 0.6) is 0 Å². The lowest BCUT2D eigenvalue weighted by atomic mass is 9.72. The van der Waals surface area contributed by atoms with E-state index in [0.29, 0.717) is 11.8 Å². The summed E-state index contributed by atoms with van der Waals surface area (Å²) in [6.07, 6.45) is 1.18. The van der Waals surface area contributed by atoms with Crippen LogP contribution in [0.2, 0.25) is 10.0 Å². The molecule has 4 heteroatoms. The molecule has 2 aliphatic rings. The number of piperidine rings is 2. The van der Waals surface area contributed by atoms with Crippen molar-refractivity contribution >= 4 is 23.2 Å². The molecule has 0 spiro atoms. The molecule has 2 bridgehead atoms. The van der Waals surface area contributed by atoms with Gasteiger partial charge in [-0.25, -0.2) is 0 Å². The summed E-state index contributed by atoms with van der Waals surface area (Å²) in [5, 5.41) is 5.64. The van der Waals surface area contributed by atoms with Crippen LogP contribution in [0.4, 0.5) is 0 Å². The summed E-state index contributed by atoms with van der Waals surface area (Å²) in [6, 6.07) is 27.7. The van der Waals surface area contributed by atoms with Crippen molar-refractivity contribution in [3.8, 4) is 0 Å². The first kappa shape index (κ1) is 20.1. The SMILES string of the molecule is Clc1ccccc1C1NC(c2ccccc2Cl)C2CC1CN(Cc1ccccc1)C2. The maximum atomic E-state index is 6.65. The Morgan fingerprint density at radius 2 is 1.20 bits per heavy atom. The molecule has 4 unspecified atom stereocenters. The molecule has 154 valence electrons. The van der Waals surface area contributed by atoms with Crippen LogP contribution in [0, 0.1) is 11.8 Å². The normalized spacial score (nSPS) is 26.5. The van der Waals surface area contributed by atoms with Gasteiger partial charge >= 0.3 is 0 Å². The van der Waals surface area contributed by atoms with Gasteiger partial charge in [0.15, 0.2) is 0 Å². The van der Waals surface area contributed by atoms with E-state index in [4.69, 9.17) is 23.2 Å². The third-order valence-electron chi connectivity index (χ3n) is 6.62. The molecule has 2 heterocycles. The Labute approximate surface area is 188 Å². The van der Waals surface area contributed by atoms with Gasteiger partial charge in [0.2, 0.25) is 0 Å². The van der Waals surface area contributed by atoms with Gasteiger partial charge in [-0.3, -0.25) is 4.90 Å². The summed E-state index contributed by atoms with van der Waals surface area (Å²) in [7, 11) is 0. The zero-order valence-corrected chi connectivity index (χ0v) is 18.4. The van der Waals surface area contributed by atoms with Crippen molar-refractivity contribution in [2.24, 2.45) is 11.8 Å². The molecule has 0 amide bonds. The third kappa shape index (κ3) is 4.02. The minimum Gasteiger partial charge on any atom is -0.302 e. The van der Waals surface area contributed by atoms with Crippen molar-refractivity contribution in [3.05, 3.63) is 106 Å². The van der Waals surface area contributed by atoms with Crippen molar-refractivity contribution in [1.29, 1.82) is 0 Å². The van der Waals surface area contributed by atoms with Gasteiger partial charge in [-0.15, -0.1) is 0 Å². The van der Waals surface area contributed by atoms with E-state index < -0.39 is 0 Å². The topological polar surface area (TPSA) is 15.3 Å². The van der Waals surface area contributed by atoms with E-state index in [1.54, 1.807) is 0 Å². The molecule has 2 nitrogen and oxygen atoms in total. The molecule has 5 rings (SSSR count). The summed E-state index contributed by atoms with van der Waals surface area (Å²) >= 11 is 13.3. The Hall–Kier alpha value is -1.84. The number of nitrogens with one attached hydrogen (secondary N) is 1. The summed E-state index contributed by atoms with van der Waals surface area (Å²) in [5.74, 6) is 1.04. The predicted octanol–water partition coefficient (Wildman–Crippen LogP) is 6.52. The Bertz CT molecular complexity index is 947. The van der Waals surface area contributed by atoms with Gasteiger partial charge in [0.05, 0.1) is 0 Å². The fraction of sp³-hybridized carbons (Fsp3) is 0.308. The molecule has 2 aliphatic heterocycles. The first-order chi connectivity index (χ1) is 14.7. The summed E-state index contributed by atoms with van der Waals surface area (Å²) in [4.78, 5) is 2.61. The largest absolute Gasteiger partial charge is 0.302 e. The highest BCUT2D eigenvalue weighted by Gasteiger charge is 2.43. The van der Waals surface area contributed by atoms with Crippen LogP contribution in [0.25, 0.3) is 0 Å². The zero-order chi connectivity index (χ0) is 20.5. The summed E-state index contributed by atoms with van der Waals surface area (Å²) in [6.45, 7) is 3.13. The van der Waals surface area contributed by atoms with Crippen LogP contribution in [0.15, 0.2) is 78.9 Å². The number of nitrogens with zero attached hydrogens (tertiary/aromatic N) is 1. The second-order valence-electron chi connectivity index (χ2n) is 8.60. The summed E-state index contributed by atoms with van der Waals surface area (Å²) in [5.41, 5.74) is 3.76. The highest BCUT2D eigenvalue weighted by atomic mass is 35.5. The van der Waals surface area contributed by atoms with Gasteiger partial charge < -0.3 is 5.32 Å². The second-order valence-corrected chi connectivity index (χ2v) is 9.41. The maximum absolute atomic E-state index is 6.65. The van der Waals surface area contributed by atoms with Crippen LogP contribution < -0.4 is 5.32 Å². The van der Waals surface area contributed by atoms with Crippen molar-refractivity contribution in [2.75, 3.05) is 13.1 Å². The summed E-state index contributed by atoms with van der Waals surface area (Å²) < 4.78 is 0. The quantitative estimate of drug-likeness (QED) is 0.500. The Morgan fingerprint density at radius 3 is 1.73 bits per heavy atom. The van der Waals surface area contributed by atoms with E-state index in [9.17, 15) is 0 Å². The second kappa shape index (κ2) is 8.72. The molecule has 0 saturated carbocycles. The zero-order valence-electron chi connectivity index (χ0n) is 16.8. The number of likely N-dealkylation sites (tertiary alicyclic amines) is 1. The number of halogens is 2. The highest BCUT2D eigenvalue weighted by molar-refractivity contribution is 6.31. The first-order valence-electron chi connectivity index (χ1n) is 10.7. The lowest BCUT2D eigenvalue weighted by Gasteiger charge is -2.50. The first-order valence-corrected chi connectivity index (χ1v) is 11.5. The highest BCUT2D eigenvalue weighted by Crippen LogP contribution is 2.46. The minimum absolute atomic E-state index is 0.217. The number of rotatable bonds is 4. The molecule has 0 aliphatic carbocycles.